The zero-order chi connectivity index (χ0) is 48.7. The van der Waals surface area contributed by atoms with Crippen LogP contribution in [0.3, 0.4) is 0 Å². The van der Waals surface area contributed by atoms with Gasteiger partial charge in [0.05, 0.1) is 32.0 Å². The minimum atomic E-state index is -1.86. The number of carboxylic acids is 2. The first-order chi connectivity index (χ1) is 30.1. The van der Waals surface area contributed by atoms with E-state index in [4.69, 9.17) is 17.2 Å². The number of hydrogen-bond acceptors (Lipinski definition) is 14. The molecule has 0 saturated carbocycles. The third-order valence-electron chi connectivity index (χ3n) is 10.2. The van der Waals surface area contributed by atoms with E-state index in [2.05, 4.69) is 37.2 Å². The molecular formula is C40H64N10O14. The van der Waals surface area contributed by atoms with Gasteiger partial charge in [0.15, 0.2) is 0 Å². The number of phenols is 1. The molecule has 24 nitrogen and oxygen atoms in total. The second-order valence-electron chi connectivity index (χ2n) is 15.3. The number of aliphatic hydroxyl groups excluding tert-OH is 1. The van der Waals surface area contributed by atoms with E-state index in [-0.39, 0.29) is 37.5 Å². The van der Waals surface area contributed by atoms with Crippen LogP contribution in [-0.4, -0.2) is 142 Å². The van der Waals surface area contributed by atoms with Gasteiger partial charge in [0.2, 0.25) is 47.3 Å². The summed E-state index contributed by atoms with van der Waals surface area (Å²) in [6, 6.07) is -5.04. The van der Waals surface area contributed by atoms with Crippen LogP contribution < -0.4 is 54.4 Å². The molecule has 0 radical (unpaired) electrons. The number of benzene rings is 1. The van der Waals surface area contributed by atoms with Gasteiger partial charge in [-0.05, 0) is 55.3 Å². The monoisotopic (exact) mass is 908 g/mol. The smallest absolute Gasteiger partial charge is 0.326 e. The zero-order valence-corrected chi connectivity index (χ0v) is 36.4. The van der Waals surface area contributed by atoms with Gasteiger partial charge in [-0.2, -0.15) is 0 Å². The van der Waals surface area contributed by atoms with Gasteiger partial charge in [-0.25, -0.2) is 4.79 Å². The van der Waals surface area contributed by atoms with Gasteiger partial charge in [0.25, 0.3) is 0 Å². The highest BCUT2D eigenvalue weighted by Gasteiger charge is 2.34. The van der Waals surface area contributed by atoms with E-state index < -0.39 is 133 Å². The number of unbranched alkanes of at least 4 members (excludes halogenated alkanes) is 1. The predicted molar refractivity (Wildman–Crippen MR) is 227 cm³/mol. The Kier molecular flexibility index (Phi) is 24.6. The Morgan fingerprint density at radius 1 is 0.641 bits per heavy atom. The molecule has 0 bridgehead atoms. The maximum absolute atomic E-state index is 13.7. The number of aliphatic hydroxyl groups is 1. The number of primary amides is 1. The number of hydrogen-bond donors (Lipinski definition) is 14. The second kappa shape index (κ2) is 28.3. The van der Waals surface area contributed by atoms with E-state index in [1.54, 1.807) is 27.7 Å². The predicted octanol–water partition coefficient (Wildman–Crippen LogP) is -4.06. The Hall–Kier alpha value is -6.40. The van der Waals surface area contributed by atoms with Crippen LogP contribution >= 0.6 is 0 Å². The summed E-state index contributed by atoms with van der Waals surface area (Å²) in [6.07, 6.45) is -0.402. The molecule has 1 aromatic rings. The van der Waals surface area contributed by atoms with Crippen molar-refractivity contribution in [1.82, 2.24) is 37.2 Å². The number of carboxylic acid groups (broad SMARTS) is 2. The van der Waals surface area contributed by atoms with Gasteiger partial charge in [-0.1, -0.05) is 52.7 Å². The highest BCUT2D eigenvalue weighted by Crippen LogP contribution is 2.13. The number of nitrogens with one attached hydrogen (secondary N) is 7. The van der Waals surface area contributed by atoms with Crippen LogP contribution in [0.2, 0.25) is 0 Å². The average molecular weight is 909 g/mol. The number of nitrogens with two attached hydrogens (primary N) is 3. The molecule has 0 spiro atoms. The minimum Gasteiger partial charge on any atom is -0.508 e. The fourth-order valence-electron chi connectivity index (χ4n) is 5.89. The Morgan fingerprint density at radius 2 is 1.16 bits per heavy atom. The molecule has 64 heavy (non-hydrogen) atoms. The zero-order valence-electron chi connectivity index (χ0n) is 36.4. The maximum atomic E-state index is 13.7. The lowest BCUT2D eigenvalue weighted by Gasteiger charge is -2.27. The molecule has 24 heteroatoms. The van der Waals surface area contributed by atoms with Crippen LogP contribution in [0.25, 0.3) is 0 Å². The SMILES string of the molecule is CC[C@H](C)[C@H](N)C(=O)N[C@@H](CO)C(=O)N[C@@H](Cc1ccc(O)cc1)C(=O)N[C@@H](CC(=O)O)C(=O)NCC(=O)N[C@H](C(=O)N[C@@H](CC(N)=O)C(=O)N[C@@H](CCCCN)C(=O)O)[C@@H](C)CC. The first-order valence-corrected chi connectivity index (χ1v) is 20.7. The molecular weight excluding hydrogens is 844 g/mol. The molecule has 0 heterocycles. The third kappa shape index (κ3) is 19.8. The van der Waals surface area contributed by atoms with Gasteiger partial charge >= 0.3 is 11.9 Å². The molecule has 1 aromatic carbocycles. The van der Waals surface area contributed by atoms with Crippen LogP contribution in [0.4, 0.5) is 0 Å². The van der Waals surface area contributed by atoms with E-state index in [1.807, 2.05) is 0 Å². The van der Waals surface area contributed by atoms with Crippen molar-refractivity contribution in [1.29, 1.82) is 0 Å². The fourth-order valence-corrected chi connectivity index (χ4v) is 5.89. The maximum Gasteiger partial charge on any atom is 0.326 e. The summed E-state index contributed by atoms with van der Waals surface area (Å²) in [4.78, 5) is 128. The lowest BCUT2D eigenvalue weighted by molar-refractivity contribution is -0.143. The lowest BCUT2D eigenvalue weighted by Crippen LogP contribution is -2.60. The lowest BCUT2D eigenvalue weighted by atomic mass is 9.97. The van der Waals surface area contributed by atoms with Crippen molar-refractivity contribution in [3.8, 4) is 5.75 Å². The van der Waals surface area contributed by atoms with Gasteiger partial charge < -0.3 is 74.8 Å². The molecule has 0 aromatic heterocycles. The van der Waals surface area contributed by atoms with Gasteiger partial charge in [0.1, 0.15) is 42.0 Å². The Balaban J connectivity index is 3.23. The number of aromatic hydroxyl groups is 1. The molecule has 0 fully saturated rings. The molecule has 358 valence electrons. The highest BCUT2D eigenvalue weighted by molar-refractivity contribution is 5.98. The van der Waals surface area contributed by atoms with Crippen LogP contribution in [0, 0.1) is 11.8 Å². The first kappa shape index (κ1) is 55.6. The quantitative estimate of drug-likeness (QED) is 0.0327. The van der Waals surface area contributed by atoms with E-state index in [0.29, 0.717) is 24.8 Å². The number of rotatable bonds is 30. The Morgan fingerprint density at radius 3 is 1.69 bits per heavy atom. The number of phenolic OH excluding ortho intramolecular Hbond substituents is 1. The largest absolute Gasteiger partial charge is 0.508 e. The summed E-state index contributed by atoms with van der Waals surface area (Å²) >= 11 is 0. The molecule has 0 unspecified atom stereocenters. The fraction of sp³-hybridized carbons (Fsp3) is 0.600. The van der Waals surface area contributed by atoms with E-state index in [1.165, 1.54) is 24.3 Å². The van der Waals surface area contributed by atoms with E-state index >= 15 is 0 Å². The van der Waals surface area contributed by atoms with Crippen LogP contribution in [0.1, 0.15) is 78.2 Å². The van der Waals surface area contributed by atoms with E-state index in [0.717, 1.165) is 0 Å². The molecule has 0 aliphatic rings. The van der Waals surface area contributed by atoms with Crippen molar-refractivity contribution < 1.29 is 68.4 Å². The average Bonchev–Trinajstić information content (AvgIpc) is 3.24. The number of carbonyl (C=O) groups excluding carboxylic acids is 8. The van der Waals surface area contributed by atoms with Crippen molar-refractivity contribution in [2.45, 2.75) is 121 Å². The van der Waals surface area contributed by atoms with Crippen molar-refractivity contribution in [3.63, 3.8) is 0 Å². The Bertz CT molecular complexity index is 1780. The molecule has 0 aliphatic carbocycles. The molecule has 9 atom stereocenters. The standard InChI is InChI=1S/C40H64N10O14/c1-5-20(3)32(43)38(61)49-28(19-51)37(60)46-25(15-22-10-12-23(52)13-11-22)35(58)47-27(17-31(55)56)34(57)44-18-30(54)50-33(21(4)6-2)39(62)48-26(16-29(42)53)36(59)45-24(40(63)64)9-7-8-14-41/h10-13,20-21,24-28,32-33,51-52H,5-9,14-19,41,43H2,1-4H3,(H2,42,53)(H,44,57)(H,45,59)(H,46,60)(H,47,58)(H,48,62)(H,49,61)(H,50,54)(H,55,56)(H,63,64)/t20-,21-,24-,25-,26-,27-,28-,32-,33-/m0/s1. The van der Waals surface area contributed by atoms with Crippen LogP contribution in [0.15, 0.2) is 24.3 Å². The highest BCUT2D eigenvalue weighted by atomic mass is 16.4. The second-order valence-corrected chi connectivity index (χ2v) is 15.3. The number of amides is 8. The molecule has 0 aliphatic heterocycles. The molecule has 8 amide bonds. The molecule has 0 saturated heterocycles. The normalized spacial score (nSPS) is 15.2. The number of aliphatic carboxylic acids is 2. The van der Waals surface area contributed by atoms with Crippen molar-refractivity contribution in [3.05, 3.63) is 29.8 Å². The molecule has 17 N–H and O–H groups in total. The summed E-state index contributed by atoms with van der Waals surface area (Å²) < 4.78 is 0. The summed E-state index contributed by atoms with van der Waals surface area (Å²) in [5, 5.41) is 55.0. The van der Waals surface area contributed by atoms with Crippen LogP contribution in [-0.2, 0) is 54.4 Å². The summed E-state index contributed by atoms with van der Waals surface area (Å²) in [6.45, 7) is 5.24. The van der Waals surface area contributed by atoms with Crippen molar-refractivity contribution in [2.24, 2.45) is 29.0 Å². The summed E-state index contributed by atoms with van der Waals surface area (Å²) in [5.74, 6) is -12.0. The summed E-state index contributed by atoms with van der Waals surface area (Å²) in [5.41, 5.74) is 17.1. The third-order valence-corrected chi connectivity index (χ3v) is 10.2. The van der Waals surface area contributed by atoms with Gasteiger partial charge in [-0.3, -0.25) is 43.2 Å². The first-order valence-electron chi connectivity index (χ1n) is 20.7. The van der Waals surface area contributed by atoms with Crippen molar-refractivity contribution in [2.75, 3.05) is 19.7 Å². The topological polar surface area (TPSA) is 414 Å². The van der Waals surface area contributed by atoms with Crippen LogP contribution in [0.5, 0.6) is 5.75 Å². The van der Waals surface area contributed by atoms with E-state index in [9.17, 15) is 68.4 Å². The Labute approximate surface area is 370 Å². The minimum absolute atomic E-state index is 0.00134. The van der Waals surface area contributed by atoms with Crippen molar-refractivity contribution >= 4 is 59.2 Å². The molecule has 1 rings (SSSR count). The van der Waals surface area contributed by atoms with Gasteiger partial charge in [-0.15, -0.1) is 0 Å². The van der Waals surface area contributed by atoms with Gasteiger partial charge in [0, 0.05) is 6.42 Å². The summed E-state index contributed by atoms with van der Waals surface area (Å²) in [7, 11) is 0. The number of carbonyl (C=O) groups is 10.